The van der Waals surface area contributed by atoms with E-state index in [0.29, 0.717) is 5.69 Å². The molecule has 0 unspecified atom stereocenters. The van der Waals surface area contributed by atoms with Crippen LogP contribution >= 0.6 is 0 Å². The van der Waals surface area contributed by atoms with Crippen LogP contribution in [-0.2, 0) is 4.74 Å². The summed E-state index contributed by atoms with van der Waals surface area (Å²) in [4.78, 5) is 15.9. The number of ether oxygens (including phenoxy) is 1. The second-order valence-electron chi connectivity index (χ2n) is 5.93. The number of hydrogen-bond donors (Lipinski definition) is 1. The van der Waals surface area contributed by atoms with E-state index in [1.807, 2.05) is 30.3 Å². The van der Waals surface area contributed by atoms with Crippen LogP contribution in [0.15, 0.2) is 66.9 Å². The molecule has 0 saturated carbocycles. The number of alkyl carbamates (subject to hydrolysis) is 1. The summed E-state index contributed by atoms with van der Waals surface area (Å²) in [6.07, 6.45) is -0.592. The van der Waals surface area contributed by atoms with E-state index in [1.54, 1.807) is 18.2 Å². The molecule has 1 aliphatic heterocycles. The van der Waals surface area contributed by atoms with E-state index in [4.69, 9.17) is 4.74 Å². The second kappa shape index (κ2) is 6.55. The van der Waals surface area contributed by atoms with Crippen LogP contribution in [0.2, 0.25) is 0 Å². The van der Waals surface area contributed by atoms with Crippen LogP contribution in [-0.4, -0.2) is 11.1 Å². The summed E-state index contributed by atoms with van der Waals surface area (Å²) in [7, 11) is 0. The van der Waals surface area contributed by atoms with Gasteiger partial charge in [0, 0.05) is 16.7 Å². The molecule has 2 aromatic carbocycles. The van der Waals surface area contributed by atoms with Crippen molar-refractivity contribution in [3.05, 3.63) is 89.6 Å². The third kappa shape index (κ3) is 2.90. The first-order valence-corrected chi connectivity index (χ1v) is 8.06. The number of carbonyl (C=O) groups is 1. The molecule has 1 aliphatic rings. The van der Waals surface area contributed by atoms with Gasteiger partial charge < -0.3 is 10.1 Å². The lowest BCUT2D eigenvalue weighted by Gasteiger charge is -2.19. The van der Waals surface area contributed by atoms with Crippen molar-refractivity contribution < 1.29 is 18.3 Å². The van der Waals surface area contributed by atoms with Crippen LogP contribution < -0.4 is 5.32 Å². The van der Waals surface area contributed by atoms with Crippen LogP contribution in [0.4, 0.5) is 13.6 Å². The van der Waals surface area contributed by atoms with Crippen molar-refractivity contribution in [3.8, 4) is 11.3 Å². The molecule has 0 aliphatic carbocycles. The average molecular weight is 352 g/mol. The summed E-state index contributed by atoms with van der Waals surface area (Å²) in [5, 5.41) is 2.57. The molecule has 1 amide bonds. The van der Waals surface area contributed by atoms with Gasteiger partial charge in [0.05, 0.1) is 11.9 Å². The number of nitrogens with one attached hydrogen (secondary N) is 1. The monoisotopic (exact) mass is 352 g/mol. The minimum absolute atomic E-state index is 0.188. The van der Waals surface area contributed by atoms with Crippen molar-refractivity contribution in [2.45, 2.75) is 12.1 Å². The van der Waals surface area contributed by atoms with Gasteiger partial charge in [0.2, 0.25) is 0 Å². The molecule has 0 bridgehead atoms. The van der Waals surface area contributed by atoms with E-state index in [1.165, 1.54) is 12.1 Å². The van der Waals surface area contributed by atoms with E-state index in [-0.39, 0.29) is 11.1 Å². The van der Waals surface area contributed by atoms with E-state index >= 15 is 0 Å². The van der Waals surface area contributed by atoms with Gasteiger partial charge in [-0.15, -0.1) is 0 Å². The normalized spacial score (nSPS) is 19.1. The molecule has 26 heavy (non-hydrogen) atoms. The summed E-state index contributed by atoms with van der Waals surface area (Å²) >= 11 is 0. The minimum Gasteiger partial charge on any atom is -0.439 e. The Bertz CT molecular complexity index is 963. The number of nitrogens with zero attached hydrogens (tertiary/aromatic N) is 1. The fraction of sp³-hybridized carbons (Fsp3) is 0.100. The summed E-state index contributed by atoms with van der Waals surface area (Å²) in [5.74, 6) is -1.11. The van der Waals surface area contributed by atoms with Gasteiger partial charge in [-0.05, 0) is 12.1 Å². The molecule has 1 N–H and O–H groups in total. The Kier molecular flexibility index (Phi) is 4.08. The predicted octanol–water partition coefficient (Wildman–Crippen LogP) is 4.55. The van der Waals surface area contributed by atoms with Crippen LogP contribution in [0.25, 0.3) is 11.3 Å². The highest BCUT2D eigenvalue weighted by Crippen LogP contribution is 2.39. The number of benzene rings is 2. The third-order valence-corrected chi connectivity index (χ3v) is 4.31. The Morgan fingerprint density at radius 1 is 0.923 bits per heavy atom. The molecule has 1 aromatic heterocycles. The maximum atomic E-state index is 14.5. The maximum Gasteiger partial charge on any atom is 0.408 e. The fourth-order valence-electron chi connectivity index (χ4n) is 3.07. The lowest BCUT2D eigenvalue weighted by atomic mass is 9.95. The maximum absolute atomic E-state index is 14.5. The van der Waals surface area contributed by atoms with Gasteiger partial charge in [0.1, 0.15) is 17.7 Å². The first-order valence-electron chi connectivity index (χ1n) is 8.06. The largest absolute Gasteiger partial charge is 0.439 e. The Hall–Kier alpha value is -3.28. The van der Waals surface area contributed by atoms with E-state index in [0.717, 1.165) is 11.8 Å². The van der Waals surface area contributed by atoms with Crippen molar-refractivity contribution in [1.29, 1.82) is 0 Å². The molecule has 2 heterocycles. The van der Waals surface area contributed by atoms with Gasteiger partial charge in [-0.25, -0.2) is 13.6 Å². The number of pyridine rings is 1. The molecule has 0 radical (unpaired) electrons. The molecule has 130 valence electrons. The van der Waals surface area contributed by atoms with E-state index < -0.39 is 29.9 Å². The summed E-state index contributed by atoms with van der Waals surface area (Å²) in [6.45, 7) is 0. The number of rotatable bonds is 3. The van der Waals surface area contributed by atoms with Crippen molar-refractivity contribution in [1.82, 2.24) is 10.3 Å². The van der Waals surface area contributed by atoms with Crippen LogP contribution in [0.5, 0.6) is 0 Å². The van der Waals surface area contributed by atoms with Crippen molar-refractivity contribution in [3.63, 3.8) is 0 Å². The second-order valence-corrected chi connectivity index (χ2v) is 5.93. The van der Waals surface area contributed by atoms with Gasteiger partial charge >= 0.3 is 6.09 Å². The van der Waals surface area contributed by atoms with Gasteiger partial charge in [-0.3, -0.25) is 4.98 Å². The van der Waals surface area contributed by atoms with Gasteiger partial charge in [0.15, 0.2) is 6.10 Å². The molecule has 1 saturated heterocycles. The molecule has 1 fully saturated rings. The molecule has 2 atom stereocenters. The highest BCUT2D eigenvalue weighted by atomic mass is 19.1. The Morgan fingerprint density at radius 2 is 1.65 bits per heavy atom. The van der Waals surface area contributed by atoms with Crippen molar-refractivity contribution >= 4 is 6.09 Å². The Morgan fingerprint density at radius 3 is 2.42 bits per heavy atom. The smallest absolute Gasteiger partial charge is 0.408 e. The van der Waals surface area contributed by atoms with Crippen molar-refractivity contribution in [2.24, 2.45) is 0 Å². The Balaban J connectivity index is 1.78. The average Bonchev–Trinajstić information content (AvgIpc) is 3.04. The number of halogens is 2. The first kappa shape index (κ1) is 16.2. The summed E-state index contributed by atoms with van der Waals surface area (Å²) in [6, 6.07) is 15.9. The zero-order valence-electron chi connectivity index (χ0n) is 13.5. The molecule has 4 nitrogen and oxygen atoms in total. The van der Waals surface area contributed by atoms with Gasteiger partial charge in [-0.1, -0.05) is 48.5 Å². The first-order chi connectivity index (χ1) is 12.6. The van der Waals surface area contributed by atoms with Crippen LogP contribution in [0, 0.1) is 11.6 Å². The topological polar surface area (TPSA) is 51.2 Å². The van der Waals surface area contributed by atoms with Crippen molar-refractivity contribution in [2.75, 3.05) is 0 Å². The third-order valence-electron chi connectivity index (χ3n) is 4.31. The van der Waals surface area contributed by atoms with E-state index in [9.17, 15) is 13.6 Å². The molecular weight excluding hydrogens is 338 g/mol. The molecule has 4 rings (SSSR count). The highest BCUT2D eigenvalue weighted by Gasteiger charge is 2.39. The predicted molar refractivity (Wildman–Crippen MR) is 91.1 cm³/mol. The van der Waals surface area contributed by atoms with Crippen LogP contribution in [0.3, 0.4) is 0 Å². The highest BCUT2D eigenvalue weighted by molar-refractivity contribution is 5.71. The number of cyclic esters (lactones) is 1. The Labute approximate surface area is 148 Å². The zero-order valence-corrected chi connectivity index (χ0v) is 13.5. The number of carbonyl (C=O) groups excluding carboxylic acids is 1. The molecule has 0 spiro atoms. The SMILES string of the molecule is O=C1N[C@H](c2cc(-c3ccccc3)ncc2F)[C@@H](c2ccccc2F)O1. The van der Waals surface area contributed by atoms with Gasteiger partial charge in [-0.2, -0.15) is 0 Å². The zero-order chi connectivity index (χ0) is 18.1. The summed E-state index contributed by atoms with van der Waals surface area (Å²) < 4.78 is 33.9. The quantitative estimate of drug-likeness (QED) is 0.752. The molecule has 6 heteroatoms. The lowest BCUT2D eigenvalue weighted by molar-refractivity contribution is 0.129. The minimum atomic E-state index is -0.968. The molecular formula is C20H14F2N2O2. The number of hydrogen-bond acceptors (Lipinski definition) is 3. The fourth-order valence-corrected chi connectivity index (χ4v) is 3.07. The van der Waals surface area contributed by atoms with E-state index in [2.05, 4.69) is 10.3 Å². The van der Waals surface area contributed by atoms with Gasteiger partial charge in [0.25, 0.3) is 0 Å². The summed E-state index contributed by atoms with van der Waals surface area (Å²) in [5.41, 5.74) is 1.74. The number of aromatic nitrogens is 1. The molecule has 3 aromatic rings. The lowest BCUT2D eigenvalue weighted by Crippen LogP contribution is -2.21. The number of amides is 1. The van der Waals surface area contributed by atoms with Crippen LogP contribution in [0.1, 0.15) is 23.3 Å². The standard InChI is InChI=1S/C20H14F2N2O2/c21-15-9-5-4-8-13(15)19-18(24-20(25)26-19)14-10-17(23-11-16(14)22)12-6-2-1-3-7-12/h1-11,18-19H,(H,24,25)/t18-,19-/m1/s1.